The molecule has 0 amide bonds. The van der Waals surface area contributed by atoms with Crippen molar-refractivity contribution < 1.29 is 19.4 Å². The van der Waals surface area contributed by atoms with Crippen LogP contribution in [-0.4, -0.2) is 36.5 Å². The number of aliphatic imine (C=N–C) groups is 2. The fraction of sp³-hybridized carbons (Fsp3) is 0.410. The summed E-state index contributed by atoms with van der Waals surface area (Å²) >= 11 is 0. The van der Waals surface area contributed by atoms with E-state index in [9.17, 15) is 9.90 Å². The highest BCUT2D eigenvalue weighted by atomic mass is 16.5. The molecule has 1 unspecified atom stereocenters. The number of aromatic hydroxyl groups is 1. The Morgan fingerprint density at radius 1 is 0.804 bits per heavy atom. The minimum Gasteiger partial charge on any atom is -0.507 e. The lowest BCUT2D eigenvalue weighted by atomic mass is 9.86. The van der Waals surface area contributed by atoms with Crippen molar-refractivity contribution in [2.45, 2.75) is 91.1 Å². The molecule has 0 radical (unpaired) electrons. The topological polar surface area (TPSA) is 92.5 Å². The molecule has 0 saturated heterocycles. The number of aryl methyl sites for hydroxylation is 4. The number of nitrogens with one attached hydrogen (secondary N) is 1. The molecule has 0 aromatic heterocycles. The number of amidine groups is 1. The number of esters is 1. The monoisotopic (exact) mass is 623 g/mol. The minimum absolute atomic E-state index is 0.114. The molecule has 1 heterocycles. The van der Waals surface area contributed by atoms with Crippen LogP contribution in [0.3, 0.4) is 0 Å². The summed E-state index contributed by atoms with van der Waals surface area (Å²) in [6, 6.07) is 18.1. The molecule has 1 aliphatic rings. The van der Waals surface area contributed by atoms with E-state index in [4.69, 9.17) is 14.5 Å². The van der Waals surface area contributed by atoms with Crippen LogP contribution in [0.25, 0.3) is 0 Å². The summed E-state index contributed by atoms with van der Waals surface area (Å²) < 4.78 is 11.1. The van der Waals surface area contributed by atoms with E-state index < -0.39 is 5.66 Å². The highest BCUT2D eigenvalue weighted by Crippen LogP contribution is 2.41. The predicted octanol–water partition coefficient (Wildman–Crippen LogP) is 8.52. The van der Waals surface area contributed by atoms with E-state index in [-0.39, 0.29) is 11.7 Å². The number of unbranched alkanes of at least 4 members (excludes halogenated alkanes) is 8. The van der Waals surface area contributed by atoms with Gasteiger partial charge < -0.3 is 19.9 Å². The van der Waals surface area contributed by atoms with Gasteiger partial charge in [0.05, 0.1) is 19.6 Å². The average molecular weight is 624 g/mol. The third kappa shape index (κ3) is 9.09. The first kappa shape index (κ1) is 34.5. The molecular weight excluding hydrogens is 574 g/mol. The smallest absolute Gasteiger partial charge is 0.330 e. The highest BCUT2D eigenvalue weighted by Gasteiger charge is 2.39. The Morgan fingerprint density at radius 3 is 2.04 bits per heavy atom. The minimum atomic E-state index is -1.06. The molecule has 0 bridgehead atoms. The Bertz CT molecular complexity index is 1560. The number of rotatable bonds is 17. The van der Waals surface area contributed by atoms with Crippen molar-refractivity contribution in [3.8, 4) is 11.5 Å². The van der Waals surface area contributed by atoms with Crippen molar-refractivity contribution in [1.82, 2.24) is 5.32 Å². The second kappa shape index (κ2) is 16.8. The van der Waals surface area contributed by atoms with Crippen LogP contribution < -0.4 is 10.1 Å². The number of benzene rings is 3. The van der Waals surface area contributed by atoms with Crippen LogP contribution in [0.5, 0.6) is 11.5 Å². The van der Waals surface area contributed by atoms with Crippen molar-refractivity contribution in [2.24, 2.45) is 9.98 Å². The first-order chi connectivity index (χ1) is 22.2. The maximum atomic E-state index is 11.4. The van der Waals surface area contributed by atoms with E-state index in [1.54, 1.807) is 12.4 Å². The largest absolute Gasteiger partial charge is 0.507 e. The molecule has 2 N–H and O–H groups in total. The number of hydrogen-bond donors (Lipinski definition) is 2. The molecule has 0 aliphatic carbocycles. The second-order valence-electron chi connectivity index (χ2n) is 12.3. The normalized spacial score (nSPS) is 15.6. The van der Waals surface area contributed by atoms with Crippen LogP contribution in [0.2, 0.25) is 0 Å². The first-order valence-corrected chi connectivity index (χ1v) is 16.5. The quantitative estimate of drug-likeness (QED) is 0.0893. The van der Waals surface area contributed by atoms with Crippen LogP contribution >= 0.6 is 0 Å². The van der Waals surface area contributed by atoms with Gasteiger partial charge in [0.2, 0.25) is 0 Å². The lowest BCUT2D eigenvalue weighted by Crippen LogP contribution is -2.45. The first-order valence-electron chi connectivity index (χ1n) is 16.5. The van der Waals surface area contributed by atoms with Crippen molar-refractivity contribution in [3.63, 3.8) is 0 Å². The van der Waals surface area contributed by atoms with Gasteiger partial charge in [-0.3, -0.25) is 0 Å². The zero-order valence-corrected chi connectivity index (χ0v) is 27.9. The summed E-state index contributed by atoms with van der Waals surface area (Å²) in [5.41, 5.74) is 5.99. The molecule has 7 nitrogen and oxygen atoms in total. The van der Waals surface area contributed by atoms with Gasteiger partial charge in [-0.1, -0.05) is 99.0 Å². The van der Waals surface area contributed by atoms with Gasteiger partial charge in [0.15, 0.2) is 11.5 Å². The molecule has 46 heavy (non-hydrogen) atoms. The standard InChI is InChI=1S/C39H49N3O4/c1-6-37(44)46-23-15-13-11-9-7-8-10-12-14-22-45-32-18-21-35(36(43)26-32)39(34-20-17-29(3)25-31(34)5)41-27-40-38(42-39)33-19-16-28(2)24-30(33)4/h6,16-21,24-27,43H,1,7-15,22-23H2,2-5H3,(H,40,41,42). The van der Waals surface area contributed by atoms with Gasteiger partial charge in [0.25, 0.3) is 0 Å². The average Bonchev–Trinajstić information content (AvgIpc) is 3.03. The van der Waals surface area contributed by atoms with Crippen LogP contribution in [0.4, 0.5) is 0 Å². The number of nitrogens with zero attached hydrogens (tertiary/aromatic N) is 2. The molecule has 3 aromatic carbocycles. The van der Waals surface area contributed by atoms with Gasteiger partial charge >= 0.3 is 5.97 Å². The molecule has 3 aromatic rings. The van der Waals surface area contributed by atoms with Gasteiger partial charge in [-0.2, -0.15) is 0 Å². The third-order valence-corrected chi connectivity index (χ3v) is 8.46. The summed E-state index contributed by atoms with van der Waals surface area (Å²) in [5, 5.41) is 14.8. The Kier molecular flexibility index (Phi) is 12.6. The molecule has 0 saturated carbocycles. The van der Waals surface area contributed by atoms with Crippen molar-refractivity contribution in [3.05, 3.63) is 106 Å². The number of hydrogen-bond acceptors (Lipinski definition) is 7. The molecule has 0 fully saturated rings. The van der Waals surface area contributed by atoms with Crippen LogP contribution in [0, 0.1) is 27.7 Å². The van der Waals surface area contributed by atoms with E-state index >= 15 is 0 Å². The van der Waals surface area contributed by atoms with Crippen molar-refractivity contribution in [1.29, 1.82) is 0 Å². The fourth-order valence-corrected chi connectivity index (χ4v) is 6.01. The van der Waals surface area contributed by atoms with Gasteiger partial charge in [0.1, 0.15) is 11.5 Å². The molecular formula is C39H49N3O4. The number of carbonyl (C=O) groups is 1. The zero-order valence-electron chi connectivity index (χ0n) is 27.9. The second-order valence-corrected chi connectivity index (χ2v) is 12.3. The maximum absolute atomic E-state index is 11.4. The zero-order chi connectivity index (χ0) is 32.9. The van der Waals surface area contributed by atoms with Crippen molar-refractivity contribution in [2.75, 3.05) is 13.2 Å². The van der Waals surface area contributed by atoms with Crippen LogP contribution in [0.15, 0.2) is 77.2 Å². The Labute approximate surface area is 274 Å². The summed E-state index contributed by atoms with van der Waals surface area (Å²) in [6.45, 7) is 12.8. The van der Waals surface area contributed by atoms with Gasteiger partial charge in [-0.05, 0) is 63.8 Å². The molecule has 0 spiro atoms. The van der Waals surface area contributed by atoms with Crippen LogP contribution in [-0.2, 0) is 15.2 Å². The molecule has 244 valence electrons. The third-order valence-electron chi connectivity index (χ3n) is 8.46. The SMILES string of the molecule is C=CC(=O)OCCCCCCCCCCCOc1ccc(C2(c3ccc(C)cc3C)N=C(c3ccc(C)cc3C)N=CN2)c(O)c1. The number of ether oxygens (including phenoxy) is 2. The Balaban J connectivity index is 1.35. The van der Waals surface area contributed by atoms with Gasteiger partial charge in [-0.15, -0.1) is 0 Å². The predicted molar refractivity (Wildman–Crippen MR) is 187 cm³/mol. The molecule has 7 heteroatoms. The molecule has 1 aliphatic heterocycles. The maximum Gasteiger partial charge on any atom is 0.330 e. The number of carbonyl (C=O) groups excluding carboxylic acids is 1. The summed E-state index contributed by atoms with van der Waals surface area (Å²) in [7, 11) is 0. The molecule has 1 atom stereocenters. The van der Waals surface area contributed by atoms with Gasteiger partial charge in [-0.25, -0.2) is 14.8 Å². The number of phenolic OH excluding ortho intramolecular Hbond substituents is 1. The van der Waals surface area contributed by atoms with E-state index in [1.807, 2.05) is 12.1 Å². The van der Waals surface area contributed by atoms with E-state index in [0.717, 1.165) is 53.5 Å². The Morgan fingerprint density at radius 2 is 1.41 bits per heavy atom. The highest BCUT2D eigenvalue weighted by molar-refractivity contribution is 6.05. The van der Waals surface area contributed by atoms with Crippen molar-refractivity contribution >= 4 is 18.1 Å². The summed E-state index contributed by atoms with van der Waals surface area (Å²) in [6.07, 6.45) is 12.9. The summed E-state index contributed by atoms with van der Waals surface area (Å²) in [5.74, 6) is 1.02. The lowest BCUT2D eigenvalue weighted by Gasteiger charge is -2.35. The fourth-order valence-electron chi connectivity index (χ4n) is 6.01. The van der Waals surface area contributed by atoms with E-state index in [0.29, 0.717) is 30.4 Å². The molecule has 4 rings (SSSR count). The van der Waals surface area contributed by atoms with E-state index in [2.05, 4.69) is 81.0 Å². The van der Waals surface area contributed by atoms with E-state index in [1.165, 1.54) is 43.7 Å². The number of phenols is 1. The van der Waals surface area contributed by atoms with Crippen LogP contribution in [0.1, 0.15) is 96.7 Å². The Hall–Kier alpha value is -4.39. The lowest BCUT2D eigenvalue weighted by molar-refractivity contribution is -0.137. The summed E-state index contributed by atoms with van der Waals surface area (Å²) in [4.78, 5) is 20.9. The van der Waals surface area contributed by atoms with Gasteiger partial charge in [0, 0.05) is 28.8 Å².